The quantitative estimate of drug-likeness (QED) is 0.834. The molecule has 1 saturated heterocycles. The van der Waals surface area contributed by atoms with Gasteiger partial charge in [-0.2, -0.15) is 0 Å². The number of hydrogen-bond acceptors (Lipinski definition) is 4. The first kappa shape index (κ1) is 9.00. The van der Waals surface area contributed by atoms with E-state index in [0.717, 1.165) is 23.7 Å². The smallest absolute Gasteiger partial charge is 0.125 e. The van der Waals surface area contributed by atoms with E-state index in [2.05, 4.69) is 26.7 Å². The van der Waals surface area contributed by atoms with Gasteiger partial charge >= 0.3 is 0 Å². The van der Waals surface area contributed by atoms with Gasteiger partial charge in [0.1, 0.15) is 5.01 Å². The fraction of sp³-hybridized carbons (Fsp3) is 0.273. The second-order valence-electron chi connectivity index (χ2n) is 3.67. The van der Waals surface area contributed by atoms with Crippen LogP contribution in [0, 0.1) is 0 Å². The average Bonchev–Trinajstić information content (AvgIpc) is 2.66. The van der Waals surface area contributed by atoms with E-state index in [-0.39, 0.29) is 0 Å². The van der Waals surface area contributed by atoms with Crippen LogP contribution in [0.2, 0.25) is 0 Å². The van der Waals surface area contributed by atoms with Gasteiger partial charge in [-0.1, -0.05) is 0 Å². The molecule has 0 radical (unpaired) electrons. The van der Waals surface area contributed by atoms with Gasteiger partial charge in [-0.3, -0.25) is 4.98 Å². The van der Waals surface area contributed by atoms with E-state index in [1.54, 1.807) is 17.5 Å². The molecule has 3 heterocycles. The molecule has 4 heteroatoms. The summed E-state index contributed by atoms with van der Waals surface area (Å²) in [6.07, 6.45) is 3.65. The first-order valence-corrected chi connectivity index (χ1v) is 5.88. The number of rotatable bonds is 2. The predicted molar refractivity (Wildman–Crippen MR) is 61.0 cm³/mol. The number of aromatic nitrogens is 2. The molecule has 1 fully saturated rings. The molecule has 1 N–H and O–H groups in total. The molecule has 15 heavy (non-hydrogen) atoms. The lowest BCUT2D eigenvalue weighted by Gasteiger charge is -2.25. The minimum atomic E-state index is 0.617. The predicted octanol–water partition coefficient (Wildman–Crippen LogP) is 1.89. The lowest BCUT2D eigenvalue weighted by molar-refractivity contribution is 0.441. The van der Waals surface area contributed by atoms with Crippen molar-refractivity contribution in [2.24, 2.45) is 0 Å². The van der Waals surface area contributed by atoms with Crippen molar-refractivity contribution in [1.29, 1.82) is 0 Å². The van der Waals surface area contributed by atoms with Gasteiger partial charge in [0.25, 0.3) is 0 Å². The summed E-state index contributed by atoms with van der Waals surface area (Å²) in [5.74, 6) is 0.617. The van der Waals surface area contributed by atoms with Crippen LogP contribution in [0.4, 0.5) is 0 Å². The summed E-state index contributed by atoms with van der Waals surface area (Å²) in [7, 11) is 0. The van der Waals surface area contributed by atoms with E-state index in [0.29, 0.717) is 5.92 Å². The van der Waals surface area contributed by atoms with Crippen molar-refractivity contribution in [2.45, 2.75) is 5.92 Å². The molecule has 0 aromatic carbocycles. The number of pyridine rings is 1. The number of nitrogens with zero attached hydrogens (tertiary/aromatic N) is 2. The summed E-state index contributed by atoms with van der Waals surface area (Å²) < 4.78 is 0. The third-order valence-corrected chi connectivity index (χ3v) is 3.54. The first-order chi connectivity index (χ1) is 7.43. The van der Waals surface area contributed by atoms with Crippen molar-refractivity contribution in [3.05, 3.63) is 35.6 Å². The normalized spacial score (nSPS) is 16.3. The lowest BCUT2D eigenvalue weighted by Crippen LogP contribution is -2.40. The molecule has 1 aliphatic rings. The maximum Gasteiger partial charge on any atom is 0.125 e. The summed E-state index contributed by atoms with van der Waals surface area (Å²) in [5, 5.41) is 6.50. The highest BCUT2D eigenvalue weighted by Crippen LogP contribution is 2.27. The summed E-state index contributed by atoms with van der Waals surface area (Å²) in [6.45, 7) is 2.13. The summed E-state index contributed by atoms with van der Waals surface area (Å²) in [6, 6.07) is 4.00. The summed E-state index contributed by atoms with van der Waals surface area (Å²) in [4.78, 5) is 8.74. The van der Waals surface area contributed by atoms with Gasteiger partial charge in [0, 0.05) is 42.3 Å². The summed E-state index contributed by atoms with van der Waals surface area (Å²) >= 11 is 1.70. The standard InChI is InChI=1S/C11H11N3S/c1-2-8(4-12-3-1)11-14-10(7-15-11)9-5-13-6-9/h1-4,7,9,13H,5-6H2. The Morgan fingerprint density at radius 3 is 3.00 bits per heavy atom. The lowest BCUT2D eigenvalue weighted by atomic mass is 10.0. The molecule has 0 unspecified atom stereocenters. The van der Waals surface area contributed by atoms with Crippen LogP contribution in [0.15, 0.2) is 29.9 Å². The molecule has 0 aliphatic carbocycles. The highest BCUT2D eigenvalue weighted by Gasteiger charge is 2.21. The Balaban J connectivity index is 1.90. The van der Waals surface area contributed by atoms with Gasteiger partial charge in [0.2, 0.25) is 0 Å². The van der Waals surface area contributed by atoms with Crippen LogP contribution < -0.4 is 5.32 Å². The van der Waals surface area contributed by atoms with E-state index in [9.17, 15) is 0 Å². The van der Waals surface area contributed by atoms with Crippen molar-refractivity contribution in [3.63, 3.8) is 0 Å². The van der Waals surface area contributed by atoms with Gasteiger partial charge in [-0.25, -0.2) is 4.98 Å². The second-order valence-corrected chi connectivity index (χ2v) is 4.53. The largest absolute Gasteiger partial charge is 0.315 e. The fourth-order valence-corrected chi connectivity index (χ4v) is 2.49. The SMILES string of the molecule is c1cncc(-c2nc(C3CNC3)cs2)c1. The Morgan fingerprint density at radius 2 is 2.33 bits per heavy atom. The van der Waals surface area contributed by atoms with E-state index >= 15 is 0 Å². The molecule has 3 nitrogen and oxygen atoms in total. The molecule has 2 aromatic rings. The molecule has 0 atom stereocenters. The molecule has 76 valence electrons. The van der Waals surface area contributed by atoms with Gasteiger partial charge in [0.05, 0.1) is 5.69 Å². The Morgan fingerprint density at radius 1 is 1.40 bits per heavy atom. The number of nitrogens with one attached hydrogen (secondary N) is 1. The van der Waals surface area contributed by atoms with Crippen molar-refractivity contribution in [2.75, 3.05) is 13.1 Å². The van der Waals surface area contributed by atoms with E-state index in [4.69, 9.17) is 0 Å². The Kier molecular flexibility index (Phi) is 2.23. The topological polar surface area (TPSA) is 37.8 Å². The van der Waals surface area contributed by atoms with Crippen LogP contribution in [0.3, 0.4) is 0 Å². The van der Waals surface area contributed by atoms with Gasteiger partial charge in [0.15, 0.2) is 0 Å². The summed E-state index contributed by atoms with van der Waals surface area (Å²) in [5.41, 5.74) is 2.33. The van der Waals surface area contributed by atoms with Gasteiger partial charge in [-0.15, -0.1) is 11.3 Å². The highest BCUT2D eigenvalue weighted by atomic mass is 32.1. The molecule has 0 spiro atoms. The molecule has 3 rings (SSSR count). The van der Waals surface area contributed by atoms with Crippen LogP contribution in [0.1, 0.15) is 11.6 Å². The van der Waals surface area contributed by atoms with E-state index in [1.165, 1.54) is 5.69 Å². The van der Waals surface area contributed by atoms with E-state index < -0.39 is 0 Å². The highest BCUT2D eigenvalue weighted by molar-refractivity contribution is 7.13. The molecule has 1 aliphatic heterocycles. The average molecular weight is 217 g/mol. The molecular formula is C11H11N3S. The second kappa shape index (κ2) is 3.72. The van der Waals surface area contributed by atoms with Crippen LogP contribution in [0.5, 0.6) is 0 Å². The molecule has 0 amide bonds. The van der Waals surface area contributed by atoms with Crippen LogP contribution >= 0.6 is 11.3 Å². The maximum absolute atomic E-state index is 4.64. The zero-order valence-electron chi connectivity index (χ0n) is 8.18. The molecule has 0 saturated carbocycles. The Bertz CT molecular complexity index is 448. The van der Waals surface area contributed by atoms with Crippen molar-refractivity contribution >= 4 is 11.3 Å². The number of hydrogen-bond donors (Lipinski definition) is 1. The zero-order valence-corrected chi connectivity index (χ0v) is 9.00. The number of thiazole rings is 1. The van der Waals surface area contributed by atoms with E-state index in [1.807, 2.05) is 12.3 Å². The monoisotopic (exact) mass is 217 g/mol. The minimum absolute atomic E-state index is 0.617. The molecule has 0 bridgehead atoms. The minimum Gasteiger partial charge on any atom is -0.315 e. The maximum atomic E-state index is 4.64. The van der Waals surface area contributed by atoms with Crippen LogP contribution in [0.25, 0.3) is 10.6 Å². The van der Waals surface area contributed by atoms with Crippen molar-refractivity contribution in [1.82, 2.24) is 15.3 Å². The Labute approximate surface area is 92.2 Å². The molecular weight excluding hydrogens is 206 g/mol. The van der Waals surface area contributed by atoms with Crippen LogP contribution in [-0.4, -0.2) is 23.1 Å². The van der Waals surface area contributed by atoms with Crippen molar-refractivity contribution in [3.8, 4) is 10.6 Å². The molecule has 2 aromatic heterocycles. The van der Waals surface area contributed by atoms with Gasteiger partial charge < -0.3 is 5.32 Å². The van der Waals surface area contributed by atoms with Crippen LogP contribution in [-0.2, 0) is 0 Å². The fourth-order valence-electron chi connectivity index (χ4n) is 1.59. The van der Waals surface area contributed by atoms with Gasteiger partial charge in [-0.05, 0) is 12.1 Å². The zero-order chi connectivity index (χ0) is 10.1. The third kappa shape index (κ3) is 1.66. The van der Waals surface area contributed by atoms with Crippen molar-refractivity contribution < 1.29 is 0 Å². The first-order valence-electron chi connectivity index (χ1n) is 5.00. The Hall–Kier alpha value is -1.26. The third-order valence-electron chi connectivity index (χ3n) is 2.63.